The molecule has 1 aromatic rings. The van der Waals surface area contributed by atoms with Gasteiger partial charge in [-0.3, -0.25) is 9.69 Å². The summed E-state index contributed by atoms with van der Waals surface area (Å²) in [5, 5.41) is 0.578. The van der Waals surface area contributed by atoms with E-state index in [2.05, 4.69) is 4.98 Å². The van der Waals surface area contributed by atoms with Gasteiger partial charge in [0.15, 0.2) is 5.13 Å². The molecule has 6 nitrogen and oxygen atoms in total. The Kier molecular flexibility index (Phi) is 2.93. The van der Waals surface area contributed by atoms with E-state index in [9.17, 15) is 9.59 Å². The van der Waals surface area contributed by atoms with Crippen LogP contribution in [0, 0.1) is 12.8 Å². The zero-order valence-electron chi connectivity index (χ0n) is 10.8. The summed E-state index contributed by atoms with van der Waals surface area (Å²) in [4.78, 5) is 31.7. The van der Waals surface area contributed by atoms with Gasteiger partial charge in [-0.2, -0.15) is 0 Å². The molecule has 0 atom stereocenters. The van der Waals surface area contributed by atoms with E-state index < -0.39 is 5.91 Å². The van der Waals surface area contributed by atoms with Crippen LogP contribution in [0.2, 0.25) is 0 Å². The quantitative estimate of drug-likeness (QED) is 0.900. The average molecular weight is 280 g/mol. The van der Waals surface area contributed by atoms with Crippen LogP contribution in [0.1, 0.15) is 28.2 Å². The Bertz CT molecular complexity index is 538. The van der Waals surface area contributed by atoms with Crippen LogP contribution in [0.15, 0.2) is 0 Å². The Morgan fingerprint density at radius 2 is 2.21 bits per heavy atom. The van der Waals surface area contributed by atoms with Crippen LogP contribution in [0.25, 0.3) is 0 Å². The van der Waals surface area contributed by atoms with E-state index in [0.29, 0.717) is 28.2 Å². The van der Waals surface area contributed by atoms with E-state index in [1.165, 1.54) is 24.2 Å². The first-order valence-corrected chi connectivity index (χ1v) is 7.21. The lowest BCUT2D eigenvalue weighted by atomic mass is 10.4. The Labute approximate surface area is 115 Å². The molecular formula is C12H16N4O2S. The standard InChI is InChI=1S/C12H16N4O2S/c1-7-9(10(13)17)19-11(14-7)16-5-4-15(12(16)18)6-8-2-3-8/h8H,2-6H2,1H3,(H2,13,17). The maximum absolute atomic E-state index is 12.3. The molecule has 0 radical (unpaired) electrons. The fourth-order valence-electron chi connectivity index (χ4n) is 2.27. The van der Waals surface area contributed by atoms with E-state index in [1.807, 2.05) is 4.90 Å². The van der Waals surface area contributed by atoms with Gasteiger partial charge < -0.3 is 10.6 Å². The lowest BCUT2D eigenvalue weighted by Crippen LogP contribution is -2.33. The van der Waals surface area contributed by atoms with Crippen molar-refractivity contribution in [1.29, 1.82) is 0 Å². The zero-order chi connectivity index (χ0) is 13.6. The van der Waals surface area contributed by atoms with Crippen molar-refractivity contribution in [2.45, 2.75) is 19.8 Å². The van der Waals surface area contributed by atoms with Crippen molar-refractivity contribution in [1.82, 2.24) is 9.88 Å². The third-order valence-corrected chi connectivity index (χ3v) is 4.71. The second-order valence-corrected chi connectivity index (χ2v) is 6.08. The molecule has 102 valence electrons. The number of urea groups is 1. The van der Waals surface area contributed by atoms with E-state index >= 15 is 0 Å². The molecule has 2 aliphatic rings. The van der Waals surface area contributed by atoms with Gasteiger partial charge in [-0.25, -0.2) is 9.78 Å². The SMILES string of the molecule is Cc1nc(N2CCN(CC3CC3)C2=O)sc1C(N)=O. The summed E-state index contributed by atoms with van der Waals surface area (Å²) in [7, 11) is 0. The van der Waals surface area contributed by atoms with Crippen LogP contribution in [-0.2, 0) is 0 Å². The van der Waals surface area contributed by atoms with Crippen LogP contribution in [0.3, 0.4) is 0 Å². The summed E-state index contributed by atoms with van der Waals surface area (Å²) in [5.74, 6) is 0.200. The van der Waals surface area contributed by atoms with Gasteiger partial charge in [0.25, 0.3) is 5.91 Å². The van der Waals surface area contributed by atoms with Gasteiger partial charge in [0.2, 0.25) is 0 Å². The van der Waals surface area contributed by atoms with Crippen molar-refractivity contribution >= 4 is 28.4 Å². The molecule has 0 bridgehead atoms. The molecule has 1 aromatic heterocycles. The largest absolute Gasteiger partial charge is 0.365 e. The average Bonchev–Trinajstić information content (AvgIpc) is 2.98. The maximum Gasteiger partial charge on any atom is 0.326 e. The molecule has 3 amide bonds. The second-order valence-electron chi connectivity index (χ2n) is 5.10. The van der Waals surface area contributed by atoms with Crippen LogP contribution >= 0.6 is 11.3 Å². The van der Waals surface area contributed by atoms with Crippen molar-refractivity contribution < 1.29 is 9.59 Å². The highest BCUT2D eigenvalue weighted by Crippen LogP contribution is 2.33. The van der Waals surface area contributed by atoms with Gasteiger partial charge in [0.1, 0.15) is 4.88 Å². The van der Waals surface area contributed by atoms with Crippen LogP contribution < -0.4 is 10.6 Å². The highest BCUT2D eigenvalue weighted by molar-refractivity contribution is 7.17. The lowest BCUT2D eigenvalue weighted by molar-refractivity contribution is 0.100. The number of aromatic nitrogens is 1. The molecular weight excluding hydrogens is 264 g/mol. The Morgan fingerprint density at radius 3 is 2.79 bits per heavy atom. The van der Waals surface area contributed by atoms with E-state index in [0.717, 1.165) is 13.1 Å². The summed E-state index contributed by atoms with van der Waals surface area (Å²) in [6.45, 7) is 3.96. The number of nitrogens with zero attached hydrogens (tertiary/aromatic N) is 3. The van der Waals surface area contributed by atoms with Gasteiger partial charge in [-0.1, -0.05) is 11.3 Å². The van der Waals surface area contributed by atoms with Crippen LogP contribution in [0.4, 0.5) is 9.93 Å². The first-order valence-electron chi connectivity index (χ1n) is 6.40. The molecule has 1 aliphatic carbocycles. The van der Waals surface area contributed by atoms with Gasteiger partial charge in [-0.05, 0) is 25.7 Å². The van der Waals surface area contributed by atoms with Crippen molar-refractivity contribution in [3.8, 4) is 0 Å². The van der Waals surface area contributed by atoms with E-state index in [1.54, 1.807) is 11.8 Å². The molecule has 0 aromatic carbocycles. The minimum absolute atomic E-state index is 0.00308. The highest BCUT2D eigenvalue weighted by atomic mass is 32.1. The van der Waals surface area contributed by atoms with Gasteiger partial charge >= 0.3 is 6.03 Å². The van der Waals surface area contributed by atoms with Gasteiger partial charge in [0, 0.05) is 19.6 Å². The summed E-state index contributed by atoms with van der Waals surface area (Å²) < 4.78 is 0. The van der Waals surface area contributed by atoms with Gasteiger partial charge in [0.05, 0.1) is 5.69 Å². The fourth-order valence-corrected chi connectivity index (χ4v) is 3.21. The van der Waals surface area contributed by atoms with Crippen molar-refractivity contribution in [3.05, 3.63) is 10.6 Å². The maximum atomic E-state index is 12.3. The predicted molar refractivity (Wildman–Crippen MR) is 72.4 cm³/mol. The van der Waals surface area contributed by atoms with Crippen molar-refractivity contribution in [2.75, 3.05) is 24.5 Å². The number of thiazole rings is 1. The summed E-state index contributed by atoms with van der Waals surface area (Å²) in [6, 6.07) is -0.00308. The number of carbonyl (C=O) groups excluding carboxylic acids is 2. The smallest absolute Gasteiger partial charge is 0.326 e. The molecule has 3 rings (SSSR count). The summed E-state index contributed by atoms with van der Waals surface area (Å²) >= 11 is 1.20. The Morgan fingerprint density at radius 1 is 1.47 bits per heavy atom. The predicted octanol–water partition coefficient (Wildman–Crippen LogP) is 1.20. The number of anilines is 1. The van der Waals surface area contributed by atoms with Crippen LogP contribution in [-0.4, -0.2) is 41.5 Å². The number of aryl methyl sites for hydroxylation is 1. The molecule has 19 heavy (non-hydrogen) atoms. The minimum atomic E-state index is -0.484. The van der Waals surface area contributed by atoms with Crippen molar-refractivity contribution in [2.24, 2.45) is 11.7 Å². The fraction of sp³-hybridized carbons (Fsp3) is 0.583. The number of hydrogen-bond acceptors (Lipinski definition) is 4. The number of nitrogens with two attached hydrogens (primary N) is 1. The molecule has 0 unspecified atom stereocenters. The molecule has 0 spiro atoms. The Balaban J connectivity index is 1.77. The van der Waals surface area contributed by atoms with Crippen molar-refractivity contribution in [3.63, 3.8) is 0 Å². The molecule has 2 fully saturated rings. The normalized spacial score (nSPS) is 19.3. The zero-order valence-corrected chi connectivity index (χ0v) is 11.6. The number of rotatable bonds is 4. The summed E-state index contributed by atoms with van der Waals surface area (Å²) in [5.41, 5.74) is 5.88. The molecule has 2 N–H and O–H groups in total. The molecule has 1 saturated heterocycles. The lowest BCUT2D eigenvalue weighted by Gasteiger charge is -2.16. The number of primary amides is 1. The van der Waals surface area contributed by atoms with Crippen LogP contribution in [0.5, 0.6) is 0 Å². The topological polar surface area (TPSA) is 79.5 Å². The first-order chi connectivity index (χ1) is 9.06. The molecule has 2 heterocycles. The third kappa shape index (κ3) is 2.30. The number of amides is 3. The van der Waals surface area contributed by atoms with E-state index in [4.69, 9.17) is 5.73 Å². The molecule has 7 heteroatoms. The molecule has 1 saturated carbocycles. The molecule has 1 aliphatic heterocycles. The Hall–Kier alpha value is -1.63. The number of hydrogen-bond donors (Lipinski definition) is 1. The minimum Gasteiger partial charge on any atom is -0.365 e. The first kappa shape index (κ1) is 12.4. The highest BCUT2D eigenvalue weighted by Gasteiger charge is 2.35. The second kappa shape index (κ2) is 4.48. The third-order valence-electron chi connectivity index (χ3n) is 3.51. The monoisotopic (exact) mass is 280 g/mol. The number of carbonyl (C=O) groups is 2. The van der Waals surface area contributed by atoms with Gasteiger partial charge in [-0.15, -0.1) is 0 Å². The summed E-state index contributed by atoms with van der Waals surface area (Å²) in [6.07, 6.45) is 2.46. The van der Waals surface area contributed by atoms with E-state index in [-0.39, 0.29) is 6.03 Å².